The van der Waals surface area contributed by atoms with Crippen molar-refractivity contribution in [3.63, 3.8) is 0 Å². The molecule has 23 heavy (non-hydrogen) atoms. The van der Waals surface area contributed by atoms with Gasteiger partial charge in [0.15, 0.2) is 6.61 Å². The predicted molar refractivity (Wildman–Crippen MR) is 93.6 cm³/mol. The molecule has 0 heterocycles. The predicted octanol–water partition coefficient (Wildman–Crippen LogP) is 3.46. The summed E-state index contributed by atoms with van der Waals surface area (Å²) in [6.45, 7) is 6.94. The SMILES string of the molecule is CC(C)(C)c1ccc(OCC(=O)Nc2ccc(CN)cc2)cc1. The van der Waals surface area contributed by atoms with Crippen LogP contribution in [0.2, 0.25) is 0 Å². The number of carbonyl (C=O) groups excluding carboxylic acids is 1. The van der Waals surface area contributed by atoms with Gasteiger partial charge in [-0.2, -0.15) is 0 Å². The number of benzene rings is 2. The van der Waals surface area contributed by atoms with E-state index in [9.17, 15) is 4.79 Å². The molecule has 0 saturated carbocycles. The van der Waals surface area contributed by atoms with Crippen molar-refractivity contribution in [1.82, 2.24) is 0 Å². The van der Waals surface area contributed by atoms with Crippen molar-refractivity contribution in [2.75, 3.05) is 11.9 Å². The van der Waals surface area contributed by atoms with Gasteiger partial charge in [0, 0.05) is 12.2 Å². The van der Waals surface area contributed by atoms with Gasteiger partial charge >= 0.3 is 0 Å². The summed E-state index contributed by atoms with van der Waals surface area (Å²) in [7, 11) is 0. The molecule has 0 unspecified atom stereocenters. The summed E-state index contributed by atoms with van der Waals surface area (Å²) in [5.41, 5.74) is 8.64. The molecule has 0 saturated heterocycles. The van der Waals surface area contributed by atoms with Crippen LogP contribution in [0.5, 0.6) is 5.75 Å². The third kappa shape index (κ3) is 5.11. The standard InChI is InChI=1S/C19H24N2O2/c1-19(2,3)15-6-10-17(11-7-15)23-13-18(22)21-16-8-4-14(12-20)5-9-16/h4-11H,12-13,20H2,1-3H3,(H,21,22). The summed E-state index contributed by atoms with van der Waals surface area (Å²) >= 11 is 0. The molecule has 4 nitrogen and oxygen atoms in total. The third-order valence-electron chi connectivity index (χ3n) is 3.56. The third-order valence-corrected chi connectivity index (χ3v) is 3.56. The first-order chi connectivity index (χ1) is 10.9. The molecule has 3 N–H and O–H groups in total. The van der Waals surface area contributed by atoms with Crippen LogP contribution in [0.25, 0.3) is 0 Å². The Balaban J connectivity index is 1.86. The smallest absolute Gasteiger partial charge is 0.262 e. The van der Waals surface area contributed by atoms with Crippen LogP contribution in [0.15, 0.2) is 48.5 Å². The number of anilines is 1. The van der Waals surface area contributed by atoms with E-state index in [1.165, 1.54) is 5.56 Å². The lowest BCUT2D eigenvalue weighted by Crippen LogP contribution is -2.20. The molecule has 2 rings (SSSR count). The minimum Gasteiger partial charge on any atom is -0.484 e. The Morgan fingerprint density at radius 3 is 2.17 bits per heavy atom. The van der Waals surface area contributed by atoms with Crippen molar-refractivity contribution in [3.05, 3.63) is 59.7 Å². The zero-order chi connectivity index (χ0) is 16.9. The Labute approximate surface area is 137 Å². The molecule has 4 heteroatoms. The van der Waals surface area contributed by atoms with Gasteiger partial charge < -0.3 is 15.8 Å². The largest absolute Gasteiger partial charge is 0.484 e. The zero-order valence-corrected chi connectivity index (χ0v) is 13.9. The summed E-state index contributed by atoms with van der Waals surface area (Å²) in [5, 5.41) is 2.79. The van der Waals surface area contributed by atoms with E-state index in [4.69, 9.17) is 10.5 Å². The summed E-state index contributed by atoms with van der Waals surface area (Å²) in [4.78, 5) is 11.9. The molecule has 0 spiro atoms. The van der Waals surface area contributed by atoms with E-state index >= 15 is 0 Å². The normalized spacial score (nSPS) is 11.1. The Morgan fingerprint density at radius 1 is 1.04 bits per heavy atom. The zero-order valence-electron chi connectivity index (χ0n) is 13.9. The van der Waals surface area contributed by atoms with Crippen LogP contribution in [0.1, 0.15) is 31.9 Å². The maximum atomic E-state index is 11.9. The molecule has 122 valence electrons. The fourth-order valence-electron chi connectivity index (χ4n) is 2.12. The van der Waals surface area contributed by atoms with Crippen molar-refractivity contribution in [1.29, 1.82) is 0 Å². The van der Waals surface area contributed by atoms with Gasteiger partial charge in [0.25, 0.3) is 5.91 Å². The molecule has 1 amide bonds. The number of amides is 1. The molecule has 0 radical (unpaired) electrons. The number of carbonyl (C=O) groups is 1. The van der Waals surface area contributed by atoms with Crippen LogP contribution in [0, 0.1) is 0 Å². The average molecular weight is 312 g/mol. The summed E-state index contributed by atoms with van der Waals surface area (Å²) in [6, 6.07) is 15.3. The van der Waals surface area contributed by atoms with E-state index in [2.05, 4.69) is 26.1 Å². The molecule has 2 aromatic carbocycles. The van der Waals surface area contributed by atoms with Crippen LogP contribution in [0.4, 0.5) is 5.69 Å². The van der Waals surface area contributed by atoms with E-state index < -0.39 is 0 Å². The lowest BCUT2D eigenvalue weighted by atomic mass is 9.87. The van der Waals surface area contributed by atoms with Gasteiger partial charge in [-0.05, 0) is 40.8 Å². The highest BCUT2D eigenvalue weighted by atomic mass is 16.5. The van der Waals surface area contributed by atoms with E-state index in [0.29, 0.717) is 12.3 Å². The topological polar surface area (TPSA) is 64.3 Å². The monoisotopic (exact) mass is 312 g/mol. The highest BCUT2D eigenvalue weighted by molar-refractivity contribution is 5.91. The molecule has 0 aromatic heterocycles. The lowest BCUT2D eigenvalue weighted by Gasteiger charge is -2.19. The number of rotatable bonds is 5. The number of ether oxygens (including phenoxy) is 1. The summed E-state index contributed by atoms with van der Waals surface area (Å²) < 4.78 is 5.52. The molecule has 0 aliphatic carbocycles. The molecule has 0 aliphatic rings. The van der Waals surface area contributed by atoms with Gasteiger partial charge in [0.2, 0.25) is 0 Å². The first-order valence-corrected chi connectivity index (χ1v) is 7.71. The molecular weight excluding hydrogens is 288 g/mol. The number of nitrogens with one attached hydrogen (secondary N) is 1. The second-order valence-corrected chi connectivity index (χ2v) is 6.51. The number of hydrogen-bond acceptors (Lipinski definition) is 3. The van der Waals surface area contributed by atoms with Crippen molar-refractivity contribution in [2.45, 2.75) is 32.7 Å². The van der Waals surface area contributed by atoms with Gasteiger partial charge in [0.1, 0.15) is 5.75 Å². The quantitative estimate of drug-likeness (QED) is 0.888. The molecule has 2 aromatic rings. The molecular formula is C19H24N2O2. The Morgan fingerprint density at radius 2 is 1.65 bits per heavy atom. The molecule has 0 fully saturated rings. The van der Waals surface area contributed by atoms with Crippen molar-refractivity contribution in [2.24, 2.45) is 5.73 Å². The highest BCUT2D eigenvalue weighted by Gasteiger charge is 2.13. The maximum absolute atomic E-state index is 11.9. The van der Waals surface area contributed by atoms with Crippen LogP contribution in [0.3, 0.4) is 0 Å². The van der Waals surface area contributed by atoms with E-state index in [1.807, 2.05) is 48.5 Å². The molecule has 0 aliphatic heterocycles. The fourth-order valence-corrected chi connectivity index (χ4v) is 2.12. The maximum Gasteiger partial charge on any atom is 0.262 e. The molecule has 0 bridgehead atoms. The fraction of sp³-hybridized carbons (Fsp3) is 0.316. The van der Waals surface area contributed by atoms with E-state index in [-0.39, 0.29) is 17.9 Å². The van der Waals surface area contributed by atoms with Gasteiger partial charge in [-0.3, -0.25) is 4.79 Å². The Hall–Kier alpha value is -2.33. The summed E-state index contributed by atoms with van der Waals surface area (Å²) in [6.07, 6.45) is 0. The minimum absolute atomic E-state index is 0.0203. The van der Waals surface area contributed by atoms with Gasteiger partial charge in [-0.1, -0.05) is 45.0 Å². The van der Waals surface area contributed by atoms with Crippen molar-refractivity contribution < 1.29 is 9.53 Å². The lowest BCUT2D eigenvalue weighted by molar-refractivity contribution is -0.118. The van der Waals surface area contributed by atoms with E-state index in [1.54, 1.807) is 0 Å². The first kappa shape index (κ1) is 17.0. The van der Waals surface area contributed by atoms with Crippen molar-refractivity contribution in [3.8, 4) is 5.75 Å². The Kier molecular flexibility index (Phi) is 5.40. The number of hydrogen-bond donors (Lipinski definition) is 2. The minimum atomic E-state index is -0.189. The average Bonchev–Trinajstić information content (AvgIpc) is 2.53. The summed E-state index contributed by atoms with van der Waals surface area (Å²) in [5.74, 6) is 0.497. The number of nitrogens with two attached hydrogens (primary N) is 1. The second-order valence-electron chi connectivity index (χ2n) is 6.51. The van der Waals surface area contributed by atoms with Crippen LogP contribution >= 0.6 is 0 Å². The van der Waals surface area contributed by atoms with Crippen LogP contribution in [-0.4, -0.2) is 12.5 Å². The molecule has 0 atom stereocenters. The van der Waals surface area contributed by atoms with Gasteiger partial charge in [0.05, 0.1) is 0 Å². The highest BCUT2D eigenvalue weighted by Crippen LogP contribution is 2.24. The Bertz CT molecular complexity index is 641. The van der Waals surface area contributed by atoms with Gasteiger partial charge in [-0.25, -0.2) is 0 Å². The van der Waals surface area contributed by atoms with Gasteiger partial charge in [-0.15, -0.1) is 0 Å². The van der Waals surface area contributed by atoms with Crippen LogP contribution < -0.4 is 15.8 Å². The second kappa shape index (κ2) is 7.29. The van der Waals surface area contributed by atoms with Crippen LogP contribution in [-0.2, 0) is 16.8 Å². The first-order valence-electron chi connectivity index (χ1n) is 7.71. The van der Waals surface area contributed by atoms with Crippen molar-refractivity contribution >= 4 is 11.6 Å². The van der Waals surface area contributed by atoms with E-state index in [0.717, 1.165) is 11.3 Å².